The van der Waals surface area contributed by atoms with Gasteiger partial charge < -0.3 is 37.2 Å². The van der Waals surface area contributed by atoms with Crippen molar-refractivity contribution in [1.82, 2.24) is 26.2 Å². The molecule has 0 spiro atoms. The minimum absolute atomic E-state index is 0.0521. The zero-order valence-corrected chi connectivity index (χ0v) is 26.0. The van der Waals surface area contributed by atoms with Gasteiger partial charge in [0.1, 0.15) is 18.1 Å². The molecule has 42 heavy (non-hydrogen) atoms. The molecule has 0 saturated carbocycles. The van der Waals surface area contributed by atoms with Crippen LogP contribution in [0.25, 0.3) is 0 Å². The normalized spacial score (nSPS) is 20.0. The smallest absolute Gasteiger partial charge is 0.305 e. The summed E-state index contributed by atoms with van der Waals surface area (Å²) in [5.41, 5.74) is 4.66. The second-order valence-corrected chi connectivity index (χ2v) is 12.7. The van der Waals surface area contributed by atoms with E-state index < -0.39 is 89.7 Å². The summed E-state index contributed by atoms with van der Waals surface area (Å²) in [5, 5.41) is 29.7. The minimum atomic E-state index is -1.46. The van der Waals surface area contributed by atoms with E-state index in [9.17, 15) is 33.9 Å². The van der Waals surface area contributed by atoms with Crippen molar-refractivity contribution < 1.29 is 39.0 Å². The summed E-state index contributed by atoms with van der Waals surface area (Å²) in [6.07, 6.45) is -0.458. The Hall–Kier alpha value is -3.26. The molecule has 1 rings (SSSR count). The Morgan fingerprint density at radius 3 is 1.98 bits per heavy atom. The summed E-state index contributed by atoms with van der Waals surface area (Å²) in [7, 11) is 0. The van der Waals surface area contributed by atoms with Crippen molar-refractivity contribution in [3.05, 3.63) is 0 Å². The van der Waals surface area contributed by atoms with Gasteiger partial charge in [-0.3, -0.25) is 33.7 Å². The van der Waals surface area contributed by atoms with Gasteiger partial charge in [0.05, 0.1) is 30.5 Å². The maximum Gasteiger partial charge on any atom is 0.305 e. The number of hydrogen-bond acceptors (Lipinski definition) is 8. The molecule has 8 N–H and O–H groups in total. The zero-order valence-electron chi connectivity index (χ0n) is 26.0. The molecule has 0 aliphatic carbocycles. The average molecular weight is 599 g/mol. The van der Waals surface area contributed by atoms with Gasteiger partial charge in [-0.2, -0.15) is 0 Å². The van der Waals surface area contributed by atoms with Crippen LogP contribution < -0.4 is 27.0 Å². The topological polar surface area (TPSA) is 220 Å². The standard InChI is InChI=1S/C28H50N6O8/c1-14(2)12-19(25(40)31-18(23(29)38)13-21(36)37)32-26(41)20-10-9-11-34(20)22(27(42)33-28(6,7)8)16(4)30-24(39)15(3)17(5)35/h14-20,22,35H,9-13H2,1-8H3,(H2,29,38)(H,30,39)(H,31,40)(H,32,41)(H,33,42)(H,36,37)/t15-,16-,17+,18-,19-,20-,22-/m0/s1. The Balaban J connectivity index is 3.27. The van der Waals surface area contributed by atoms with Gasteiger partial charge in [0.25, 0.3) is 0 Å². The Labute approximate surface area is 247 Å². The Kier molecular flexibility index (Phi) is 13.9. The van der Waals surface area contributed by atoms with Crippen molar-refractivity contribution in [2.24, 2.45) is 17.6 Å². The van der Waals surface area contributed by atoms with Crippen LogP contribution in [0.15, 0.2) is 0 Å². The number of nitrogens with zero attached hydrogens (tertiary/aromatic N) is 1. The average Bonchev–Trinajstić information content (AvgIpc) is 3.30. The van der Waals surface area contributed by atoms with Gasteiger partial charge in [0.2, 0.25) is 29.5 Å². The molecule has 1 heterocycles. The molecule has 0 unspecified atom stereocenters. The molecule has 240 valence electrons. The molecule has 0 aromatic heterocycles. The maximum absolute atomic E-state index is 13.6. The van der Waals surface area contributed by atoms with Crippen LogP contribution in [0, 0.1) is 11.8 Å². The lowest BCUT2D eigenvalue weighted by atomic mass is 9.99. The molecule has 14 heteroatoms. The van der Waals surface area contributed by atoms with Gasteiger partial charge in [0, 0.05) is 5.54 Å². The fourth-order valence-electron chi connectivity index (χ4n) is 4.81. The predicted molar refractivity (Wildman–Crippen MR) is 155 cm³/mol. The van der Waals surface area contributed by atoms with E-state index in [4.69, 9.17) is 10.8 Å². The van der Waals surface area contributed by atoms with Gasteiger partial charge in [-0.15, -0.1) is 0 Å². The number of hydrogen-bond donors (Lipinski definition) is 7. The highest BCUT2D eigenvalue weighted by Gasteiger charge is 2.43. The third kappa shape index (κ3) is 11.6. The molecule has 0 radical (unpaired) electrons. The van der Waals surface area contributed by atoms with Gasteiger partial charge in [-0.05, 0) is 66.3 Å². The highest BCUT2D eigenvalue weighted by Crippen LogP contribution is 2.24. The Bertz CT molecular complexity index is 995. The third-order valence-corrected chi connectivity index (χ3v) is 7.08. The largest absolute Gasteiger partial charge is 0.481 e. The van der Waals surface area contributed by atoms with Crippen molar-refractivity contribution in [2.45, 2.75) is 123 Å². The predicted octanol–water partition coefficient (Wildman–Crippen LogP) is -0.769. The zero-order chi connectivity index (χ0) is 32.5. The molecule has 1 aliphatic rings. The van der Waals surface area contributed by atoms with Crippen LogP contribution in [0.3, 0.4) is 0 Å². The van der Waals surface area contributed by atoms with Crippen LogP contribution in [-0.4, -0.2) is 99.0 Å². The van der Waals surface area contributed by atoms with Crippen LogP contribution >= 0.6 is 0 Å². The van der Waals surface area contributed by atoms with Crippen molar-refractivity contribution in [1.29, 1.82) is 0 Å². The van der Waals surface area contributed by atoms with Gasteiger partial charge in [0.15, 0.2) is 0 Å². The number of carbonyl (C=O) groups excluding carboxylic acids is 5. The first kappa shape index (κ1) is 36.8. The quantitative estimate of drug-likeness (QED) is 0.126. The molecular formula is C28H50N6O8. The van der Waals surface area contributed by atoms with E-state index in [0.29, 0.717) is 19.4 Å². The first-order valence-corrected chi connectivity index (χ1v) is 14.4. The molecule has 5 amide bonds. The number of amides is 5. The number of rotatable bonds is 15. The van der Waals surface area contributed by atoms with E-state index >= 15 is 0 Å². The first-order chi connectivity index (χ1) is 19.2. The summed E-state index contributed by atoms with van der Waals surface area (Å²) in [5.74, 6) is -5.22. The molecular weight excluding hydrogens is 548 g/mol. The summed E-state index contributed by atoms with van der Waals surface area (Å²) < 4.78 is 0. The number of carboxylic acids is 1. The van der Waals surface area contributed by atoms with Crippen molar-refractivity contribution in [3.63, 3.8) is 0 Å². The van der Waals surface area contributed by atoms with Crippen LogP contribution in [0.5, 0.6) is 0 Å². The van der Waals surface area contributed by atoms with Crippen LogP contribution in [-0.2, 0) is 28.8 Å². The summed E-state index contributed by atoms with van der Waals surface area (Å²) in [6, 6.07) is -5.05. The molecule has 14 nitrogen and oxygen atoms in total. The molecule has 1 fully saturated rings. The SMILES string of the molecule is CC(C)C[C@H](NC(=O)[C@@H]1CCCN1[C@H](C(=O)NC(C)(C)C)[C@H](C)NC(=O)[C@@H](C)[C@@H](C)O)C(=O)N[C@@H](CC(=O)O)C(N)=O. The summed E-state index contributed by atoms with van der Waals surface area (Å²) in [4.78, 5) is 77.6. The first-order valence-electron chi connectivity index (χ1n) is 14.4. The Morgan fingerprint density at radius 1 is 0.905 bits per heavy atom. The lowest BCUT2D eigenvalue weighted by molar-refractivity contribution is -0.141. The van der Waals surface area contributed by atoms with E-state index in [0.717, 1.165) is 0 Å². The number of aliphatic hydroxyl groups is 1. The van der Waals surface area contributed by atoms with Crippen molar-refractivity contribution in [2.75, 3.05) is 6.54 Å². The molecule has 1 aliphatic heterocycles. The summed E-state index contributed by atoms with van der Waals surface area (Å²) in [6.45, 7) is 14.2. The monoisotopic (exact) mass is 598 g/mol. The number of primary amides is 1. The number of carbonyl (C=O) groups is 6. The van der Waals surface area contributed by atoms with Crippen LogP contribution in [0.2, 0.25) is 0 Å². The van der Waals surface area contributed by atoms with E-state index in [2.05, 4.69) is 21.3 Å². The van der Waals surface area contributed by atoms with Crippen LogP contribution in [0.1, 0.15) is 81.1 Å². The number of likely N-dealkylation sites (tertiary alicyclic amines) is 1. The van der Waals surface area contributed by atoms with E-state index in [1.54, 1.807) is 18.7 Å². The van der Waals surface area contributed by atoms with Gasteiger partial charge in [-0.25, -0.2) is 0 Å². The number of aliphatic hydroxyl groups excluding tert-OH is 1. The fraction of sp³-hybridized carbons (Fsp3) is 0.786. The number of carboxylic acid groups (broad SMARTS) is 1. The molecule has 0 aromatic rings. The second kappa shape index (κ2) is 15.8. The number of aliphatic carboxylic acids is 1. The van der Waals surface area contributed by atoms with E-state index in [1.807, 2.05) is 34.6 Å². The molecule has 0 bridgehead atoms. The van der Waals surface area contributed by atoms with Gasteiger partial charge >= 0.3 is 5.97 Å². The highest BCUT2D eigenvalue weighted by atomic mass is 16.4. The number of nitrogens with one attached hydrogen (secondary N) is 4. The van der Waals surface area contributed by atoms with E-state index in [1.165, 1.54) is 6.92 Å². The molecule has 7 atom stereocenters. The lowest BCUT2D eigenvalue weighted by Crippen LogP contribution is -2.64. The van der Waals surface area contributed by atoms with E-state index in [-0.39, 0.29) is 12.3 Å². The highest BCUT2D eigenvalue weighted by molar-refractivity contribution is 5.94. The summed E-state index contributed by atoms with van der Waals surface area (Å²) >= 11 is 0. The van der Waals surface area contributed by atoms with Crippen molar-refractivity contribution in [3.8, 4) is 0 Å². The molecule has 1 saturated heterocycles. The van der Waals surface area contributed by atoms with Gasteiger partial charge in [-0.1, -0.05) is 20.8 Å². The lowest BCUT2D eigenvalue weighted by Gasteiger charge is -2.38. The van der Waals surface area contributed by atoms with Crippen molar-refractivity contribution >= 4 is 35.5 Å². The fourth-order valence-corrected chi connectivity index (χ4v) is 4.81. The minimum Gasteiger partial charge on any atom is -0.481 e. The Morgan fingerprint density at radius 2 is 1.50 bits per heavy atom. The second-order valence-electron chi connectivity index (χ2n) is 12.7. The third-order valence-electron chi connectivity index (χ3n) is 7.08. The molecule has 0 aromatic carbocycles. The van der Waals surface area contributed by atoms with Crippen LogP contribution in [0.4, 0.5) is 0 Å². The number of nitrogens with two attached hydrogens (primary N) is 1. The maximum atomic E-state index is 13.6.